The predicted octanol–water partition coefficient (Wildman–Crippen LogP) is 13.4. The largest absolute Gasteiger partial charge is 0.478 e. The lowest BCUT2D eigenvalue weighted by Gasteiger charge is -2.14. The molecule has 3 amide bonds. The molecule has 0 spiro atoms. The molecule has 0 fully saturated rings. The first-order valence-corrected chi connectivity index (χ1v) is 22.8. The van der Waals surface area contributed by atoms with E-state index < -0.39 is 5.97 Å². The smallest absolute Gasteiger partial charge is 0.337 e. The Morgan fingerprint density at radius 2 is 0.739 bits per heavy atom. The molecule has 4 N–H and O–H groups in total. The summed E-state index contributed by atoms with van der Waals surface area (Å²) in [6.07, 6.45) is 0. The number of halogens is 1. The molecule has 0 bridgehead atoms. The molecule has 0 saturated carbocycles. The first kappa shape index (κ1) is 50.1. The van der Waals surface area contributed by atoms with Crippen molar-refractivity contribution in [2.24, 2.45) is 0 Å². The summed E-state index contributed by atoms with van der Waals surface area (Å²) < 4.78 is 0.950. The summed E-state index contributed by atoms with van der Waals surface area (Å²) in [5, 5.41) is 18.1. The number of nitrogens with one attached hydrogen (secondary N) is 3. The minimum Gasteiger partial charge on any atom is -0.478 e. The molecule has 0 aliphatic heterocycles. The fraction of sp³-hybridized carbons (Fsp3) is 0.103. The third-order valence-corrected chi connectivity index (χ3v) is 11.5. The Morgan fingerprint density at radius 3 is 1.13 bits per heavy atom. The molecule has 8 rings (SSSR count). The van der Waals surface area contributed by atoms with Crippen LogP contribution in [0.15, 0.2) is 199 Å². The van der Waals surface area contributed by atoms with E-state index in [2.05, 4.69) is 67.1 Å². The summed E-state index contributed by atoms with van der Waals surface area (Å²) in [5.74, 6) is -1.62. The SMILES string of the molecule is CN(C)c1ccc(-c2ccc(C(=O)O)c(NC(=O)c3ccccc3)c2)cc1.Cc1ccc(-c2ccc(N(C)C)cc2)cc1NC(=O)c1ccccc1.Cc1ccc(Br)cc1NC(=O)c1ccccc1. The average Bonchev–Trinajstić information content (AvgIpc) is 3.37. The van der Waals surface area contributed by atoms with Crippen molar-refractivity contribution < 1.29 is 24.3 Å². The van der Waals surface area contributed by atoms with Gasteiger partial charge in [0.25, 0.3) is 17.7 Å². The fourth-order valence-corrected chi connectivity index (χ4v) is 7.30. The van der Waals surface area contributed by atoms with Crippen molar-refractivity contribution in [1.29, 1.82) is 0 Å². The number of nitrogens with zero attached hydrogens (tertiary/aromatic N) is 2. The van der Waals surface area contributed by atoms with E-state index >= 15 is 0 Å². The van der Waals surface area contributed by atoms with E-state index in [0.29, 0.717) is 16.7 Å². The molecular formula is C58H54BrN5O5. The van der Waals surface area contributed by atoms with Crippen LogP contribution in [-0.2, 0) is 0 Å². The van der Waals surface area contributed by atoms with Crippen LogP contribution in [-0.4, -0.2) is 57.0 Å². The molecule has 0 unspecified atom stereocenters. The van der Waals surface area contributed by atoms with Crippen molar-refractivity contribution in [2.45, 2.75) is 13.8 Å². The Hall–Kier alpha value is -8.28. The Morgan fingerprint density at radius 1 is 0.406 bits per heavy atom. The van der Waals surface area contributed by atoms with Gasteiger partial charge in [0, 0.05) is 72.1 Å². The Balaban J connectivity index is 0.000000174. The van der Waals surface area contributed by atoms with Crippen molar-refractivity contribution in [3.05, 3.63) is 232 Å². The summed E-state index contributed by atoms with van der Waals surface area (Å²) in [6.45, 7) is 3.96. The summed E-state index contributed by atoms with van der Waals surface area (Å²) in [5.41, 5.74) is 12.0. The quantitative estimate of drug-likeness (QED) is 0.101. The van der Waals surface area contributed by atoms with Gasteiger partial charge in [0.15, 0.2) is 0 Å². The van der Waals surface area contributed by atoms with Crippen LogP contribution in [0.2, 0.25) is 0 Å². The van der Waals surface area contributed by atoms with E-state index in [1.165, 1.54) is 6.07 Å². The van der Waals surface area contributed by atoms with Crippen LogP contribution in [0, 0.1) is 13.8 Å². The molecule has 10 nitrogen and oxygen atoms in total. The highest BCUT2D eigenvalue weighted by Gasteiger charge is 2.16. The number of carbonyl (C=O) groups is 4. The summed E-state index contributed by atoms with van der Waals surface area (Å²) >= 11 is 3.39. The molecule has 0 aliphatic carbocycles. The second-order valence-electron chi connectivity index (χ2n) is 16.4. The Labute approximate surface area is 412 Å². The van der Waals surface area contributed by atoms with E-state index in [1.54, 1.807) is 48.5 Å². The molecule has 8 aromatic carbocycles. The lowest BCUT2D eigenvalue weighted by Crippen LogP contribution is -2.14. The zero-order valence-corrected chi connectivity index (χ0v) is 40.9. The number of amides is 3. The summed E-state index contributed by atoms with van der Waals surface area (Å²) in [6, 6.07) is 60.3. The number of carbonyl (C=O) groups excluding carboxylic acids is 3. The van der Waals surface area contributed by atoms with Gasteiger partial charge in [-0.25, -0.2) is 4.79 Å². The van der Waals surface area contributed by atoms with Gasteiger partial charge >= 0.3 is 5.97 Å². The maximum absolute atomic E-state index is 12.4. The third kappa shape index (κ3) is 14.1. The lowest BCUT2D eigenvalue weighted by molar-refractivity contribution is 0.0697. The van der Waals surface area contributed by atoms with Gasteiger partial charge in [-0.2, -0.15) is 0 Å². The van der Waals surface area contributed by atoms with Crippen LogP contribution in [0.5, 0.6) is 0 Å². The topological polar surface area (TPSA) is 131 Å². The van der Waals surface area contributed by atoms with E-state index in [4.69, 9.17) is 0 Å². The van der Waals surface area contributed by atoms with E-state index in [0.717, 1.165) is 60.6 Å². The zero-order chi connectivity index (χ0) is 49.5. The number of rotatable bonds is 11. The predicted molar refractivity (Wildman–Crippen MR) is 286 cm³/mol. The van der Waals surface area contributed by atoms with Gasteiger partial charge in [0.1, 0.15) is 0 Å². The van der Waals surface area contributed by atoms with Gasteiger partial charge in [0.2, 0.25) is 0 Å². The van der Waals surface area contributed by atoms with Gasteiger partial charge in [-0.3, -0.25) is 14.4 Å². The van der Waals surface area contributed by atoms with E-state index in [9.17, 15) is 24.3 Å². The van der Waals surface area contributed by atoms with Crippen LogP contribution in [0.1, 0.15) is 52.6 Å². The molecule has 69 heavy (non-hydrogen) atoms. The standard InChI is InChI=1S/C22H20N2O3.C22H22N2O.C14H12BrNO/c1-24(2)18-11-8-15(9-12-18)17-10-13-19(22(26)27)20(14-17)23-21(25)16-6-4-3-5-7-16;1-16-9-10-19(17-11-13-20(14-12-17)24(2)3)15-21(16)23-22(25)18-7-5-4-6-8-18;1-10-7-8-12(15)9-13(10)16-14(17)11-5-3-2-4-6-11/h3-14H,1-2H3,(H,23,25)(H,26,27);4-15H,1-3H3,(H,23,25);2-9H,1H3,(H,16,17). The lowest BCUT2D eigenvalue weighted by atomic mass is 10.0. The van der Waals surface area contributed by atoms with Crippen LogP contribution in [0.3, 0.4) is 0 Å². The second-order valence-corrected chi connectivity index (χ2v) is 17.3. The summed E-state index contributed by atoms with van der Waals surface area (Å²) in [4.78, 5) is 52.4. The molecule has 8 aromatic rings. The van der Waals surface area contributed by atoms with Crippen molar-refractivity contribution in [3.8, 4) is 22.3 Å². The number of benzene rings is 8. The molecule has 0 radical (unpaired) electrons. The Kier molecular flexibility index (Phi) is 17.4. The minimum absolute atomic E-state index is 0.0490. The number of carboxylic acid groups (broad SMARTS) is 1. The molecule has 0 aliphatic rings. The molecule has 0 saturated heterocycles. The number of aromatic carboxylic acids is 1. The highest BCUT2D eigenvalue weighted by Crippen LogP contribution is 2.30. The number of hydrogen-bond donors (Lipinski definition) is 4. The number of hydrogen-bond acceptors (Lipinski definition) is 6. The number of aryl methyl sites for hydroxylation is 2. The van der Waals surface area contributed by atoms with Crippen LogP contribution < -0.4 is 25.8 Å². The maximum atomic E-state index is 12.4. The molecule has 0 aromatic heterocycles. The summed E-state index contributed by atoms with van der Waals surface area (Å²) in [7, 11) is 7.98. The van der Waals surface area contributed by atoms with Crippen LogP contribution in [0.25, 0.3) is 22.3 Å². The monoisotopic (exact) mass is 979 g/mol. The third-order valence-electron chi connectivity index (χ3n) is 11.0. The molecule has 0 heterocycles. The highest BCUT2D eigenvalue weighted by atomic mass is 79.9. The van der Waals surface area contributed by atoms with Crippen molar-refractivity contribution in [3.63, 3.8) is 0 Å². The first-order valence-electron chi connectivity index (χ1n) is 22.1. The van der Waals surface area contributed by atoms with Gasteiger partial charge in [0.05, 0.1) is 11.3 Å². The van der Waals surface area contributed by atoms with Gasteiger partial charge in [-0.1, -0.05) is 119 Å². The molecule has 0 atom stereocenters. The fourth-order valence-electron chi connectivity index (χ4n) is 6.93. The average molecular weight is 981 g/mol. The van der Waals surface area contributed by atoms with Gasteiger partial charge < -0.3 is 30.9 Å². The molecule has 348 valence electrons. The van der Waals surface area contributed by atoms with Crippen molar-refractivity contribution in [2.75, 3.05) is 53.9 Å². The van der Waals surface area contributed by atoms with Gasteiger partial charge in [-0.15, -0.1) is 0 Å². The first-order chi connectivity index (χ1) is 33.2. The van der Waals surface area contributed by atoms with Crippen molar-refractivity contribution in [1.82, 2.24) is 0 Å². The number of carboxylic acids is 1. The molecule has 11 heteroatoms. The number of anilines is 5. The zero-order valence-electron chi connectivity index (χ0n) is 39.3. The van der Waals surface area contributed by atoms with Gasteiger partial charge in [-0.05, 0) is 138 Å². The normalized spacial score (nSPS) is 10.2. The van der Waals surface area contributed by atoms with E-state index in [-0.39, 0.29) is 29.0 Å². The highest BCUT2D eigenvalue weighted by molar-refractivity contribution is 9.10. The maximum Gasteiger partial charge on any atom is 0.337 e. The second kappa shape index (κ2) is 24.0. The van der Waals surface area contributed by atoms with Crippen LogP contribution in [0.4, 0.5) is 28.4 Å². The van der Waals surface area contributed by atoms with Crippen LogP contribution >= 0.6 is 15.9 Å². The van der Waals surface area contributed by atoms with E-state index in [1.807, 2.05) is 156 Å². The van der Waals surface area contributed by atoms with Crippen molar-refractivity contribution >= 4 is 68.1 Å². The molecular weight excluding hydrogens is 927 g/mol. The Bertz CT molecular complexity index is 3020. The minimum atomic E-state index is -1.09.